The van der Waals surface area contributed by atoms with E-state index in [9.17, 15) is 0 Å². The maximum atomic E-state index is 2.51. The standard InChI is InChI=1S/C60H36N2/c1-5-19-43-39(15-1)40-16-2-6-20-44(40)54-36-56-52-34-38(62-59-27-13-9-23-49(59)50-24-10-14-28-60(50)62)29-31-45(52)41-17-3-4-18-42(41)51-33-37(30-32-46(51)55(56)35-53(43)54)61-57-25-11-7-21-47(57)48-22-8-12-26-58(48)61/h1-36H. The highest BCUT2D eigenvalue weighted by molar-refractivity contribution is 6.27. The number of fused-ring (bicyclic) bond motifs is 20. The summed E-state index contributed by atoms with van der Waals surface area (Å²) in [7, 11) is 0. The minimum atomic E-state index is 1.15. The zero-order valence-corrected chi connectivity index (χ0v) is 33.7. The molecule has 2 heteroatoms. The zero-order valence-electron chi connectivity index (χ0n) is 33.7. The Labute approximate surface area is 357 Å². The first kappa shape index (κ1) is 33.6. The second-order valence-electron chi connectivity index (χ2n) is 16.8. The molecule has 11 aromatic carbocycles. The van der Waals surface area contributed by atoms with Gasteiger partial charge in [0.25, 0.3) is 0 Å². The third-order valence-corrected chi connectivity index (χ3v) is 13.7. The molecule has 0 fully saturated rings. The van der Waals surface area contributed by atoms with E-state index in [0.29, 0.717) is 0 Å². The third-order valence-electron chi connectivity index (χ3n) is 13.7. The summed E-state index contributed by atoms with van der Waals surface area (Å²) in [4.78, 5) is 0. The van der Waals surface area contributed by atoms with Gasteiger partial charge in [0.2, 0.25) is 0 Å². The lowest BCUT2D eigenvalue weighted by Crippen LogP contribution is -2.02. The molecule has 0 unspecified atom stereocenters. The molecule has 62 heavy (non-hydrogen) atoms. The number of para-hydroxylation sites is 4. The van der Waals surface area contributed by atoms with Crippen molar-refractivity contribution >= 4 is 75.9 Å². The number of hydrogen-bond acceptors (Lipinski definition) is 0. The Bertz CT molecular complexity index is 3940. The summed E-state index contributed by atoms with van der Waals surface area (Å²) in [6.45, 7) is 0. The van der Waals surface area contributed by atoms with E-state index in [2.05, 4.69) is 228 Å². The van der Waals surface area contributed by atoms with Crippen molar-refractivity contribution in [3.8, 4) is 55.9 Å². The first-order valence-electron chi connectivity index (χ1n) is 21.5. The van der Waals surface area contributed by atoms with Gasteiger partial charge in [0, 0.05) is 32.9 Å². The lowest BCUT2D eigenvalue weighted by Gasteiger charge is -2.26. The van der Waals surface area contributed by atoms with E-state index in [4.69, 9.17) is 0 Å². The molecule has 0 radical (unpaired) electrons. The maximum absolute atomic E-state index is 2.51. The Kier molecular flexibility index (Phi) is 6.86. The molecule has 2 aromatic heterocycles. The summed E-state index contributed by atoms with van der Waals surface area (Å²) in [6.07, 6.45) is 0. The predicted molar refractivity (Wildman–Crippen MR) is 263 cm³/mol. The first-order chi connectivity index (χ1) is 30.8. The molecule has 0 saturated heterocycles. The first-order valence-corrected chi connectivity index (χ1v) is 21.5. The van der Waals surface area contributed by atoms with Gasteiger partial charge in [-0.2, -0.15) is 0 Å². The molecule has 0 atom stereocenters. The monoisotopic (exact) mass is 784 g/mol. The van der Waals surface area contributed by atoms with Gasteiger partial charge in [-0.25, -0.2) is 0 Å². The summed E-state index contributed by atoms with van der Waals surface area (Å²) in [5.41, 5.74) is 17.0. The van der Waals surface area contributed by atoms with Gasteiger partial charge in [-0.3, -0.25) is 0 Å². The lowest BCUT2D eigenvalue weighted by molar-refractivity contribution is 1.18. The van der Waals surface area contributed by atoms with Crippen LogP contribution in [0.4, 0.5) is 0 Å². The van der Waals surface area contributed by atoms with E-state index in [1.165, 1.54) is 120 Å². The topological polar surface area (TPSA) is 9.86 Å². The largest absolute Gasteiger partial charge is 0.309 e. The number of hydrogen-bond donors (Lipinski definition) is 0. The molecule has 2 heterocycles. The van der Waals surface area contributed by atoms with Crippen LogP contribution in [-0.4, -0.2) is 9.13 Å². The van der Waals surface area contributed by atoms with E-state index in [1.807, 2.05) is 0 Å². The maximum Gasteiger partial charge on any atom is 0.0541 e. The summed E-state index contributed by atoms with van der Waals surface area (Å²) in [5, 5.41) is 12.7. The highest BCUT2D eigenvalue weighted by Gasteiger charge is 2.26. The Balaban J connectivity index is 1.13. The molecule has 13 aromatic rings. The van der Waals surface area contributed by atoms with E-state index >= 15 is 0 Å². The molecular formula is C60H36N2. The van der Waals surface area contributed by atoms with Gasteiger partial charge in [0.1, 0.15) is 0 Å². The van der Waals surface area contributed by atoms with E-state index in [1.54, 1.807) is 0 Å². The van der Waals surface area contributed by atoms with Crippen molar-refractivity contribution in [3.63, 3.8) is 0 Å². The van der Waals surface area contributed by atoms with Gasteiger partial charge in [-0.05, 0) is 137 Å². The fraction of sp³-hybridized carbons (Fsp3) is 0. The van der Waals surface area contributed by atoms with Crippen LogP contribution in [0.15, 0.2) is 218 Å². The van der Waals surface area contributed by atoms with Crippen LogP contribution in [0.1, 0.15) is 0 Å². The molecule has 0 saturated carbocycles. The molecule has 0 N–H and O–H groups in total. The predicted octanol–water partition coefficient (Wildman–Crippen LogP) is 16.3. The molecule has 0 bridgehead atoms. The summed E-state index contributed by atoms with van der Waals surface area (Å²) >= 11 is 0. The Morgan fingerprint density at radius 2 is 0.435 bits per heavy atom. The highest BCUT2D eigenvalue weighted by Crippen LogP contribution is 2.51. The van der Waals surface area contributed by atoms with Crippen LogP contribution in [0.3, 0.4) is 0 Å². The number of rotatable bonds is 2. The van der Waals surface area contributed by atoms with Crippen LogP contribution in [0, 0.1) is 0 Å². The van der Waals surface area contributed by atoms with E-state index in [0.717, 1.165) is 11.4 Å². The van der Waals surface area contributed by atoms with Crippen LogP contribution in [0.25, 0.3) is 132 Å². The van der Waals surface area contributed by atoms with Gasteiger partial charge in [0.05, 0.1) is 22.1 Å². The fourth-order valence-electron chi connectivity index (χ4n) is 11.0. The molecule has 1 aliphatic rings. The molecule has 286 valence electrons. The van der Waals surface area contributed by atoms with Crippen LogP contribution in [-0.2, 0) is 0 Å². The Hall–Kier alpha value is -8.20. The minimum absolute atomic E-state index is 1.15. The minimum Gasteiger partial charge on any atom is -0.309 e. The Morgan fingerprint density at radius 3 is 0.855 bits per heavy atom. The molecule has 0 amide bonds. The summed E-state index contributed by atoms with van der Waals surface area (Å²) in [5.74, 6) is 0. The fourth-order valence-corrected chi connectivity index (χ4v) is 11.0. The smallest absolute Gasteiger partial charge is 0.0541 e. The van der Waals surface area contributed by atoms with Crippen molar-refractivity contribution in [2.75, 3.05) is 0 Å². The van der Waals surface area contributed by atoms with E-state index < -0.39 is 0 Å². The van der Waals surface area contributed by atoms with Crippen molar-refractivity contribution in [3.05, 3.63) is 218 Å². The molecule has 0 aliphatic heterocycles. The second-order valence-corrected chi connectivity index (χ2v) is 16.8. The average Bonchev–Trinajstić information content (AvgIpc) is 3.86. The summed E-state index contributed by atoms with van der Waals surface area (Å²) in [6, 6.07) is 81.5. The molecule has 2 nitrogen and oxygen atoms in total. The van der Waals surface area contributed by atoms with Gasteiger partial charge in [-0.15, -0.1) is 0 Å². The summed E-state index contributed by atoms with van der Waals surface area (Å²) < 4.78 is 4.89. The van der Waals surface area contributed by atoms with Gasteiger partial charge in [0.15, 0.2) is 0 Å². The highest BCUT2D eigenvalue weighted by atomic mass is 15.0. The van der Waals surface area contributed by atoms with Crippen LogP contribution in [0.5, 0.6) is 0 Å². The third kappa shape index (κ3) is 4.58. The van der Waals surface area contributed by atoms with Crippen molar-refractivity contribution in [1.82, 2.24) is 9.13 Å². The number of nitrogens with zero attached hydrogens (tertiary/aromatic N) is 2. The van der Waals surface area contributed by atoms with Gasteiger partial charge >= 0.3 is 0 Å². The van der Waals surface area contributed by atoms with E-state index in [-0.39, 0.29) is 0 Å². The van der Waals surface area contributed by atoms with Crippen molar-refractivity contribution in [1.29, 1.82) is 0 Å². The molecule has 1 aliphatic carbocycles. The van der Waals surface area contributed by atoms with Crippen molar-refractivity contribution in [2.45, 2.75) is 0 Å². The second kappa shape index (κ2) is 12.7. The number of benzene rings is 11. The molecular weight excluding hydrogens is 749 g/mol. The van der Waals surface area contributed by atoms with Gasteiger partial charge < -0.3 is 9.13 Å². The lowest BCUT2D eigenvalue weighted by atomic mass is 9.79. The Morgan fingerprint density at radius 1 is 0.177 bits per heavy atom. The molecule has 14 rings (SSSR count). The quantitative estimate of drug-likeness (QED) is 0.155. The molecule has 0 spiro atoms. The normalized spacial score (nSPS) is 12.2. The van der Waals surface area contributed by atoms with Crippen molar-refractivity contribution < 1.29 is 0 Å². The zero-order chi connectivity index (χ0) is 40.5. The van der Waals surface area contributed by atoms with Crippen LogP contribution in [0.2, 0.25) is 0 Å². The van der Waals surface area contributed by atoms with Crippen LogP contribution >= 0.6 is 0 Å². The van der Waals surface area contributed by atoms with Crippen LogP contribution < -0.4 is 0 Å². The number of aromatic nitrogens is 2. The van der Waals surface area contributed by atoms with Crippen molar-refractivity contribution in [2.24, 2.45) is 0 Å². The van der Waals surface area contributed by atoms with Gasteiger partial charge in [-0.1, -0.05) is 158 Å². The SMILES string of the molecule is c1ccc2c(c1)-c1ccc(-n3c4ccccc4c4ccccc43)cc1-c1cc3c4ccccc4c4ccccc4c3cc1-c1ccc(-n3c4ccccc4c4ccccc43)cc1-2. The average molecular weight is 785 g/mol.